The monoisotopic (exact) mass is 307 g/mol. The summed E-state index contributed by atoms with van der Waals surface area (Å²) in [5, 5.41) is 8.49. The van der Waals surface area contributed by atoms with Crippen LogP contribution in [-0.2, 0) is 18.6 Å². The van der Waals surface area contributed by atoms with Crippen molar-refractivity contribution in [3.05, 3.63) is 46.7 Å². The molecule has 1 N–H and O–H groups in total. The molecule has 4 nitrogen and oxygen atoms in total. The number of rotatable bonds is 5. The number of nitrogens with zero attached hydrogens (tertiary/aromatic N) is 2. The van der Waals surface area contributed by atoms with Crippen LogP contribution in [0.1, 0.15) is 31.9 Å². The minimum absolute atomic E-state index is 0.00418. The standard InChI is InChI=1S/C16H22ClN3O/c1-16(2,3)20-11-12(9-19-20)8-18-10-13-14(17)6-5-7-15(13)21-4/h5-7,9,11,18H,8,10H2,1-4H3. The minimum atomic E-state index is 0.00418. The van der Waals surface area contributed by atoms with Crippen LogP contribution in [0.5, 0.6) is 5.75 Å². The number of aromatic nitrogens is 2. The average Bonchev–Trinajstić information content (AvgIpc) is 2.89. The first-order chi connectivity index (χ1) is 9.91. The lowest BCUT2D eigenvalue weighted by Crippen LogP contribution is -2.22. The second kappa shape index (κ2) is 6.50. The van der Waals surface area contributed by atoms with Crippen molar-refractivity contribution < 1.29 is 4.74 Å². The largest absolute Gasteiger partial charge is 0.496 e. The highest BCUT2D eigenvalue weighted by Gasteiger charge is 2.14. The summed E-state index contributed by atoms with van der Waals surface area (Å²) in [5.41, 5.74) is 2.13. The Hall–Kier alpha value is -1.52. The SMILES string of the molecule is COc1cccc(Cl)c1CNCc1cnn(C(C)(C)C)c1. The summed E-state index contributed by atoms with van der Waals surface area (Å²) in [4.78, 5) is 0. The van der Waals surface area contributed by atoms with Gasteiger partial charge in [-0.15, -0.1) is 0 Å². The van der Waals surface area contributed by atoms with Gasteiger partial charge in [-0.3, -0.25) is 4.68 Å². The maximum atomic E-state index is 6.22. The predicted octanol–water partition coefficient (Wildman–Crippen LogP) is 3.59. The summed E-state index contributed by atoms with van der Waals surface area (Å²) in [5.74, 6) is 0.806. The first-order valence-corrected chi connectivity index (χ1v) is 7.35. The molecular formula is C16H22ClN3O. The molecule has 1 heterocycles. The third kappa shape index (κ3) is 3.99. The molecule has 0 aliphatic rings. The molecule has 1 aromatic carbocycles. The molecular weight excluding hydrogens is 286 g/mol. The summed E-state index contributed by atoms with van der Waals surface area (Å²) < 4.78 is 7.31. The second-order valence-electron chi connectivity index (χ2n) is 5.99. The molecule has 0 saturated heterocycles. The van der Waals surface area contributed by atoms with Gasteiger partial charge in [0.25, 0.3) is 0 Å². The van der Waals surface area contributed by atoms with E-state index in [1.54, 1.807) is 7.11 Å². The van der Waals surface area contributed by atoms with Crippen molar-refractivity contribution in [2.45, 2.75) is 39.4 Å². The Morgan fingerprint density at radius 1 is 1.29 bits per heavy atom. The van der Waals surface area contributed by atoms with Gasteiger partial charge in [-0.25, -0.2) is 0 Å². The molecule has 0 atom stereocenters. The van der Waals surface area contributed by atoms with Gasteiger partial charge < -0.3 is 10.1 Å². The van der Waals surface area contributed by atoms with Crippen molar-refractivity contribution in [3.63, 3.8) is 0 Å². The van der Waals surface area contributed by atoms with Crippen LogP contribution in [0.2, 0.25) is 5.02 Å². The van der Waals surface area contributed by atoms with Gasteiger partial charge in [0.15, 0.2) is 0 Å². The summed E-state index contributed by atoms with van der Waals surface area (Å²) in [7, 11) is 1.66. The molecule has 0 radical (unpaired) electrons. The van der Waals surface area contributed by atoms with Crippen molar-refractivity contribution in [2.24, 2.45) is 0 Å². The van der Waals surface area contributed by atoms with E-state index < -0.39 is 0 Å². The van der Waals surface area contributed by atoms with Gasteiger partial charge in [-0.2, -0.15) is 5.10 Å². The number of halogens is 1. The predicted molar refractivity (Wildman–Crippen MR) is 85.8 cm³/mol. The third-order valence-corrected chi connectivity index (χ3v) is 3.60. The Balaban J connectivity index is 1.98. The highest BCUT2D eigenvalue weighted by Crippen LogP contribution is 2.26. The zero-order valence-corrected chi connectivity index (χ0v) is 13.7. The van der Waals surface area contributed by atoms with Gasteiger partial charge in [0.05, 0.1) is 18.8 Å². The summed E-state index contributed by atoms with van der Waals surface area (Å²) in [6.07, 6.45) is 3.96. The van der Waals surface area contributed by atoms with E-state index in [0.717, 1.165) is 23.4 Å². The average molecular weight is 308 g/mol. The molecule has 114 valence electrons. The van der Waals surface area contributed by atoms with Gasteiger partial charge in [-0.1, -0.05) is 17.7 Å². The Bertz CT molecular complexity index is 602. The van der Waals surface area contributed by atoms with Crippen LogP contribution in [0.15, 0.2) is 30.6 Å². The maximum Gasteiger partial charge on any atom is 0.124 e. The van der Waals surface area contributed by atoms with Gasteiger partial charge >= 0.3 is 0 Å². The lowest BCUT2D eigenvalue weighted by atomic mass is 10.1. The van der Waals surface area contributed by atoms with E-state index in [0.29, 0.717) is 11.6 Å². The highest BCUT2D eigenvalue weighted by molar-refractivity contribution is 6.31. The number of nitrogens with one attached hydrogen (secondary N) is 1. The number of hydrogen-bond donors (Lipinski definition) is 1. The Labute approximate surface area is 131 Å². The Kier molecular flexibility index (Phi) is 4.91. The smallest absolute Gasteiger partial charge is 0.124 e. The quantitative estimate of drug-likeness (QED) is 0.917. The first kappa shape index (κ1) is 15.9. The van der Waals surface area contributed by atoms with Crippen molar-refractivity contribution in [3.8, 4) is 5.75 Å². The fourth-order valence-corrected chi connectivity index (χ4v) is 2.28. The minimum Gasteiger partial charge on any atom is -0.496 e. The van der Waals surface area contributed by atoms with E-state index in [1.165, 1.54) is 0 Å². The lowest BCUT2D eigenvalue weighted by Gasteiger charge is -2.18. The third-order valence-electron chi connectivity index (χ3n) is 3.25. The zero-order chi connectivity index (χ0) is 15.5. The molecule has 0 bridgehead atoms. The molecule has 0 fully saturated rings. The number of ether oxygens (including phenoxy) is 1. The molecule has 0 aliphatic carbocycles. The van der Waals surface area contributed by atoms with Gasteiger partial charge in [-0.05, 0) is 32.9 Å². The number of methoxy groups -OCH3 is 1. The van der Waals surface area contributed by atoms with Crippen LogP contribution >= 0.6 is 11.6 Å². The number of hydrogen-bond acceptors (Lipinski definition) is 3. The van der Waals surface area contributed by atoms with E-state index >= 15 is 0 Å². The first-order valence-electron chi connectivity index (χ1n) is 6.98. The molecule has 5 heteroatoms. The van der Waals surface area contributed by atoms with Crippen LogP contribution in [0.4, 0.5) is 0 Å². The van der Waals surface area contributed by atoms with E-state index in [9.17, 15) is 0 Å². The van der Waals surface area contributed by atoms with Gasteiger partial charge in [0.1, 0.15) is 5.75 Å². The van der Waals surface area contributed by atoms with Crippen LogP contribution in [0, 0.1) is 0 Å². The van der Waals surface area contributed by atoms with E-state index in [-0.39, 0.29) is 5.54 Å². The van der Waals surface area contributed by atoms with Gasteiger partial charge in [0, 0.05) is 35.4 Å². The molecule has 0 saturated carbocycles. The normalized spacial score (nSPS) is 11.7. The van der Waals surface area contributed by atoms with Crippen molar-refractivity contribution in [2.75, 3.05) is 7.11 Å². The molecule has 0 unspecified atom stereocenters. The second-order valence-corrected chi connectivity index (χ2v) is 6.40. The molecule has 21 heavy (non-hydrogen) atoms. The zero-order valence-electron chi connectivity index (χ0n) is 13.0. The molecule has 1 aromatic heterocycles. The van der Waals surface area contributed by atoms with Crippen LogP contribution in [-0.4, -0.2) is 16.9 Å². The Morgan fingerprint density at radius 3 is 2.67 bits per heavy atom. The highest BCUT2D eigenvalue weighted by atomic mass is 35.5. The fraction of sp³-hybridized carbons (Fsp3) is 0.438. The van der Waals surface area contributed by atoms with Crippen molar-refractivity contribution >= 4 is 11.6 Å². The molecule has 0 amide bonds. The van der Waals surface area contributed by atoms with E-state index in [4.69, 9.17) is 16.3 Å². The van der Waals surface area contributed by atoms with Crippen molar-refractivity contribution in [1.82, 2.24) is 15.1 Å². The molecule has 2 rings (SSSR count). The Morgan fingerprint density at radius 2 is 2.05 bits per heavy atom. The van der Waals surface area contributed by atoms with Crippen LogP contribution in [0.25, 0.3) is 0 Å². The molecule has 0 aliphatic heterocycles. The fourth-order valence-electron chi connectivity index (χ4n) is 2.05. The van der Waals surface area contributed by atoms with E-state index in [2.05, 4.69) is 37.4 Å². The van der Waals surface area contributed by atoms with Crippen molar-refractivity contribution in [1.29, 1.82) is 0 Å². The van der Waals surface area contributed by atoms with Crippen LogP contribution < -0.4 is 10.1 Å². The summed E-state index contributed by atoms with van der Waals surface area (Å²) in [6, 6.07) is 5.68. The summed E-state index contributed by atoms with van der Waals surface area (Å²) in [6.45, 7) is 7.79. The van der Waals surface area contributed by atoms with Gasteiger partial charge in [0.2, 0.25) is 0 Å². The molecule has 2 aromatic rings. The lowest BCUT2D eigenvalue weighted by molar-refractivity contribution is 0.355. The summed E-state index contributed by atoms with van der Waals surface area (Å²) >= 11 is 6.22. The van der Waals surface area contributed by atoms with Crippen LogP contribution in [0.3, 0.4) is 0 Å². The number of benzene rings is 1. The van der Waals surface area contributed by atoms with E-state index in [1.807, 2.05) is 29.1 Å². The molecule has 0 spiro atoms. The maximum absolute atomic E-state index is 6.22. The topological polar surface area (TPSA) is 39.1 Å².